The first-order valence-electron chi connectivity index (χ1n) is 2.12. The molecule has 0 N–H and O–H groups in total. The van der Waals surface area contributed by atoms with Crippen molar-refractivity contribution < 1.29 is 0 Å². The summed E-state index contributed by atoms with van der Waals surface area (Å²) in [4.78, 5) is 0. The highest BCUT2D eigenvalue weighted by Crippen LogP contribution is 1.90. The summed E-state index contributed by atoms with van der Waals surface area (Å²) in [7, 11) is 0. The quantitative estimate of drug-likeness (QED) is 0.452. The summed E-state index contributed by atoms with van der Waals surface area (Å²) < 4.78 is 0. The van der Waals surface area contributed by atoms with Crippen LogP contribution in [0.25, 0.3) is 0 Å². The molecular weight excluding hydrogens is 84.1 g/mol. The van der Waals surface area contributed by atoms with Gasteiger partial charge in [-0.05, 0) is 18.6 Å². The van der Waals surface area contributed by atoms with E-state index in [1.807, 2.05) is 12.1 Å². The van der Waals surface area contributed by atoms with Gasteiger partial charge in [0.15, 0.2) is 0 Å². The number of rotatable bonds is 0. The van der Waals surface area contributed by atoms with Gasteiger partial charge in [-0.2, -0.15) is 0 Å². The van der Waals surface area contributed by atoms with E-state index in [0.29, 0.717) is 5.56 Å². The van der Waals surface area contributed by atoms with Crippen LogP contribution < -0.4 is 0 Å². The minimum Gasteiger partial charge on any atom is -0.0619 e. The van der Waals surface area contributed by atoms with Gasteiger partial charge in [0, 0.05) is 0 Å². The minimum atomic E-state index is 0.697. The molecule has 0 aliphatic heterocycles. The van der Waals surface area contributed by atoms with E-state index in [-0.39, 0.29) is 0 Å². The van der Waals surface area contributed by atoms with Crippen molar-refractivity contribution in [3.8, 4) is 0 Å². The van der Waals surface area contributed by atoms with Gasteiger partial charge in [-0.3, -0.25) is 0 Å². The highest BCUT2D eigenvalue weighted by Gasteiger charge is 1.73. The average molecular weight is 89.1 g/mol. The van der Waals surface area contributed by atoms with Gasteiger partial charge in [0.1, 0.15) is 0 Å². The Morgan fingerprint density at radius 1 is 1.43 bits per heavy atom. The molecule has 0 unspecified atom stereocenters. The monoisotopic (exact) mass is 89.0 g/mol. The van der Waals surface area contributed by atoms with Gasteiger partial charge in [-0.25, -0.2) is 0 Å². The topological polar surface area (TPSA) is 0 Å². The maximum absolute atomic E-state index is 5.30. The van der Waals surface area contributed by atoms with Gasteiger partial charge < -0.3 is 0 Å². The van der Waals surface area contributed by atoms with Gasteiger partial charge >= 0.3 is 0 Å². The molecule has 1 aromatic carbocycles. The van der Waals surface area contributed by atoms with E-state index in [0.717, 1.165) is 0 Å². The Bertz CT molecular complexity index is 130. The zero-order valence-corrected chi connectivity index (χ0v) is 3.89. The fraction of sp³-hybridized carbons (Fsp3) is 0. The zero-order valence-electron chi connectivity index (χ0n) is 3.89. The minimum absolute atomic E-state index is 0.697. The Kier molecular flexibility index (Phi) is 1.12. The summed E-state index contributed by atoms with van der Waals surface area (Å²) in [6.07, 6.45) is 0. The van der Waals surface area contributed by atoms with E-state index >= 15 is 0 Å². The third-order valence-corrected chi connectivity index (χ3v) is 0.733. The lowest BCUT2D eigenvalue weighted by Gasteiger charge is -1.81. The lowest BCUT2D eigenvalue weighted by atomic mass is 10.2. The van der Waals surface area contributed by atoms with Crippen LogP contribution in [-0.2, 0) is 0 Å². The fourth-order valence-corrected chi connectivity index (χ4v) is 0.407. The van der Waals surface area contributed by atoms with Crippen molar-refractivity contribution in [2.24, 2.45) is 0 Å². The third-order valence-electron chi connectivity index (χ3n) is 0.733. The highest BCUT2D eigenvalue weighted by molar-refractivity contribution is 5.14. The Morgan fingerprint density at radius 3 is 2.57 bits per heavy atom. The average Bonchev–Trinajstić information content (AvgIpc) is 1.69. The molecule has 1 aromatic rings. The van der Waals surface area contributed by atoms with Crippen LogP contribution in [0, 0.1) is 13.0 Å². The van der Waals surface area contributed by atoms with Crippen molar-refractivity contribution in [1.29, 1.82) is 0 Å². The van der Waals surface area contributed by atoms with Gasteiger partial charge in [0.25, 0.3) is 0 Å². The standard InChI is InChI=1S/C7H5/c1-7-5-3-2-4-6-7/h1-5H. The summed E-state index contributed by atoms with van der Waals surface area (Å²) in [5.41, 5.74) is 0.697. The second kappa shape index (κ2) is 1.78. The van der Waals surface area contributed by atoms with E-state index in [4.69, 9.17) is 6.92 Å². The van der Waals surface area contributed by atoms with Crippen molar-refractivity contribution in [3.05, 3.63) is 42.8 Å². The predicted molar refractivity (Wildman–Crippen MR) is 28.7 cm³/mol. The Morgan fingerprint density at radius 2 is 2.29 bits per heavy atom. The predicted octanol–water partition coefficient (Wildman–Crippen LogP) is 1.55. The summed E-state index contributed by atoms with van der Waals surface area (Å²) in [5, 5.41) is 0. The van der Waals surface area contributed by atoms with Crippen LogP contribution in [0.3, 0.4) is 0 Å². The molecule has 33 valence electrons. The lowest BCUT2D eigenvalue weighted by molar-refractivity contribution is 1.60. The van der Waals surface area contributed by atoms with Crippen LogP contribution in [0.2, 0.25) is 0 Å². The van der Waals surface area contributed by atoms with Crippen molar-refractivity contribution in [2.45, 2.75) is 0 Å². The van der Waals surface area contributed by atoms with Crippen LogP contribution >= 0.6 is 0 Å². The second-order valence-electron chi connectivity index (χ2n) is 1.32. The fourth-order valence-electron chi connectivity index (χ4n) is 0.407. The SMILES string of the molecule is [CH]c1[c]cccc1. The second-order valence-corrected chi connectivity index (χ2v) is 1.32. The lowest BCUT2D eigenvalue weighted by Crippen LogP contribution is -1.64. The van der Waals surface area contributed by atoms with E-state index < -0.39 is 0 Å². The molecular formula is C7H5. The zero-order chi connectivity index (χ0) is 5.11. The molecule has 7 heavy (non-hydrogen) atoms. The molecule has 0 heteroatoms. The van der Waals surface area contributed by atoms with Crippen molar-refractivity contribution in [2.75, 3.05) is 0 Å². The number of hydrogen-bond donors (Lipinski definition) is 0. The number of hydrogen-bond acceptors (Lipinski definition) is 0. The largest absolute Gasteiger partial charge is 0.0619 e. The molecule has 3 radical (unpaired) electrons. The molecule has 1 rings (SSSR count). The first kappa shape index (κ1) is 4.38. The van der Waals surface area contributed by atoms with Gasteiger partial charge in [0.05, 0.1) is 0 Å². The van der Waals surface area contributed by atoms with Crippen LogP contribution in [0.4, 0.5) is 0 Å². The van der Waals surface area contributed by atoms with Crippen LogP contribution in [0.5, 0.6) is 0 Å². The summed E-state index contributed by atoms with van der Waals surface area (Å²) in [5.74, 6) is 0. The van der Waals surface area contributed by atoms with Gasteiger partial charge in [0.2, 0.25) is 0 Å². The number of benzene rings is 1. The Balaban J connectivity index is 3.02. The maximum atomic E-state index is 5.30. The van der Waals surface area contributed by atoms with E-state index in [1.54, 1.807) is 12.1 Å². The summed E-state index contributed by atoms with van der Waals surface area (Å²) in [6, 6.07) is 10.2. The molecule has 0 amide bonds. The molecule has 0 bridgehead atoms. The Labute approximate surface area is 43.8 Å². The van der Waals surface area contributed by atoms with Crippen LogP contribution in [0.15, 0.2) is 24.3 Å². The summed E-state index contributed by atoms with van der Waals surface area (Å²) >= 11 is 0. The van der Waals surface area contributed by atoms with Gasteiger partial charge in [-0.1, -0.05) is 24.3 Å². The molecule has 0 aromatic heterocycles. The van der Waals surface area contributed by atoms with Crippen molar-refractivity contribution in [1.82, 2.24) is 0 Å². The van der Waals surface area contributed by atoms with Crippen molar-refractivity contribution >= 4 is 0 Å². The highest BCUT2D eigenvalue weighted by atomic mass is 13.8. The van der Waals surface area contributed by atoms with E-state index in [2.05, 4.69) is 6.07 Å². The molecule has 0 saturated carbocycles. The third kappa shape index (κ3) is 1.04. The summed E-state index contributed by atoms with van der Waals surface area (Å²) in [6.45, 7) is 5.30. The molecule has 0 atom stereocenters. The molecule has 0 saturated heterocycles. The first-order valence-corrected chi connectivity index (χ1v) is 2.12. The Hall–Kier alpha value is -0.780. The van der Waals surface area contributed by atoms with Crippen LogP contribution in [0.1, 0.15) is 5.56 Å². The molecule has 0 spiro atoms. The molecule has 0 heterocycles. The molecule has 0 aliphatic rings. The van der Waals surface area contributed by atoms with E-state index in [9.17, 15) is 0 Å². The normalized spacial score (nSPS) is 8.71. The van der Waals surface area contributed by atoms with Crippen molar-refractivity contribution in [3.63, 3.8) is 0 Å². The molecule has 0 aliphatic carbocycles. The molecule has 0 fully saturated rings. The molecule has 0 nitrogen and oxygen atoms in total. The maximum Gasteiger partial charge on any atom is -0.000545 e. The smallest absolute Gasteiger partial charge is 0.000545 e. The first-order chi connectivity index (χ1) is 3.39. The van der Waals surface area contributed by atoms with Crippen LogP contribution in [-0.4, -0.2) is 0 Å². The van der Waals surface area contributed by atoms with E-state index in [1.165, 1.54) is 0 Å². The van der Waals surface area contributed by atoms with Gasteiger partial charge in [-0.15, -0.1) is 0 Å².